The van der Waals surface area contributed by atoms with Crippen molar-refractivity contribution in [3.05, 3.63) is 35.0 Å². The Balaban J connectivity index is 0.000000194. The highest BCUT2D eigenvalue weighted by Gasteiger charge is 2.62. The lowest BCUT2D eigenvalue weighted by molar-refractivity contribution is -0.119. The second-order valence-electron chi connectivity index (χ2n) is 9.22. The molecule has 9 heteroatoms. The van der Waals surface area contributed by atoms with Crippen molar-refractivity contribution in [1.29, 1.82) is 5.26 Å². The minimum absolute atomic E-state index is 0.0975. The summed E-state index contributed by atoms with van der Waals surface area (Å²) >= 11 is 6.15. The van der Waals surface area contributed by atoms with Crippen LogP contribution in [-0.2, 0) is 9.59 Å². The van der Waals surface area contributed by atoms with Crippen molar-refractivity contribution in [2.24, 2.45) is 17.3 Å². The highest BCUT2D eigenvalue weighted by molar-refractivity contribution is 6.35. The summed E-state index contributed by atoms with van der Waals surface area (Å²) in [6.45, 7) is 8.87. The predicted molar refractivity (Wildman–Crippen MR) is 126 cm³/mol. The van der Waals surface area contributed by atoms with Gasteiger partial charge in [-0.05, 0) is 42.7 Å². The Morgan fingerprint density at radius 1 is 1.36 bits per heavy atom. The van der Waals surface area contributed by atoms with E-state index in [1.165, 1.54) is 0 Å². The molecule has 2 aromatic rings. The SMILES string of the molecule is CC1(C)C2CN(C(=O)c3cc4cccc(Cl)c4[nH]3)CC21.C[C@@H](C#N)NC=O.O=C1CCCN1. The van der Waals surface area contributed by atoms with Crippen molar-refractivity contribution in [3.63, 3.8) is 0 Å². The average Bonchev–Trinajstić information content (AvgIpc) is 3.37. The number of nitrogens with zero attached hydrogens (tertiary/aromatic N) is 2. The summed E-state index contributed by atoms with van der Waals surface area (Å²) in [5.41, 5.74) is 1.93. The normalized spacial score (nSPS) is 22.5. The third-order valence-corrected chi connectivity index (χ3v) is 6.97. The number of benzene rings is 1. The van der Waals surface area contributed by atoms with Crippen LogP contribution in [0.3, 0.4) is 0 Å². The van der Waals surface area contributed by atoms with Gasteiger partial charge in [-0.25, -0.2) is 0 Å². The van der Waals surface area contributed by atoms with Gasteiger partial charge in [0.25, 0.3) is 5.91 Å². The Hall–Kier alpha value is -3.05. The van der Waals surface area contributed by atoms with Gasteiger partial charge in [0.1, 0.15) is 11.7 Å². The van der Waals surface area contributed by atoms with Crippen LogP contribution in [0.25, 0.3) is 10.9 Å². The summed E-state index contributed by atoms with van der Waals surface area (Å²) in [4.78, 5) is 37.3. The number of fused-ring (bicyclic) bond motifs is 2. The number of nitrogens with one attached hydrogen (secondary N) is 3. The quantitative estimate of drug-likeness (QED) is 0.596. The Labute approximate surface area is 198 Å². The van der Waals surface area contributed by atoms with Crippen LogP contribution >= 0.6 is 11.6 Å². The molecule has 3 amide bonds. The minimum Gasteiger partial charge on any atom is -0.356 e. The molecule has 3 atom stereocenters. The number of para-hydroxylation sites is 1. The van der Waals surface area contributed by atoms with Gasteiger partial charge < -0.3 is 20.5 Å². The molecule has 1 aromatic heterocycles. The summed E-state index contributed by atoms with van der Waals surface area (Å²) < 4.78 is 0. The van der Waals surface area contributed by atoms with Crippen molar-refractivity contribution < 1.29 is 14.4 Å². The standard InChI is InChI=1S/C16H17ClN2O.C4H6N2O.C4H7NO/c1-16(2)10-7-19(8-11(10)16)15(20)13-6-9-4-3-5-12(17)14(9)18-13;1-4(2-5)6-3-7;6-4-2-1-3-5-4/h3-6,10-11,18H,7-8H2,1-2H3;3-4H,1H3,(H,6,7);1-3H2,(H,5,6)/t;4-;/m.0./s1. The maximum absolute atomic E-state index is 12.6. The van der Waals surface area contributed by atoms with E-state index in [-0.39, 0.29) is 17.9 Å². The van der Waals surface area contributed by atoms with E-state index in [9.17, 15) is 14.4 Å². The molecule has 176 valence electrons. The second kappa shape index (κ2) is 10.3. The molecule has 2 aliphatic heterocycles. The van der Waals surface area contributed by atoms with Gasteiger partial charge in [-0.1, -0.05) is 37.6 Å². The molecule has 3 N–H and O–H groups in total. The van der Waals surface area contributed by atoms with E-state index < -0.39 is 0 Å². The monoisotopic (exact) mass is 471 g/mol. The van der Waals surface area contributed by atoms with E-state index in [1.54, 1.807) is 6.92 Å². The molecule has 5 rings (SSSR count). The maximum Gasteiger partial charge on any atom is 0.270 e. The smallest absolute Gasteiger partial charge is 0.270 e. The van der Waals surface area contributed by atoms with Crippen molar-refractivity contribution in [3.8, 4) is 6.07 Å². The molecule has 2 unspecified atom stereocenters. The average molecular weight is 472 g/mol. The zero-order chi connectivity index (χ0) is 24.2. The fourth-order valence-electron chi connectivity index (χ4n) is 4.41. The molecule has 1 aliphatic carbocycles. The van der Waals surface area contributed by atoms with Gasteiger partial charge in [0.15, 0.2) is 0 Å². The number of H-pyrrole nitrogens is 1. The molecule has 0 radical (unpaired) electrons. The molecule has 0 bridgehead atoms. The van der Waals surface area contributed by atoms with Gasteiger partial charge in [0.05, 0.1) is 16.6 Å². The Kier molecular flexibility index (Phi) is 7.65. The first-order valence-corrected chi connectivity index (χ1v) is 11.5. The number of likely N-dealkylation sites (tertiary alicyclic amines) is 1. The lowest BCUT2D eigenvalue weighted by Crippen LogP contribution is -2.33. The first-order chi connectivity index (χ1) is 15.7. The second-order valence-corrected chi connectivity index (χ2v) is 9.63. The summed E-state index contributed by atoms with van der Waals surface area (Å²) in [5.74, 6) is 1.66. The number of rotatable bonds is 3. The van der Waals surface area contributed by atoms with Crippen LogP contribution in [0.2, 0.25) is 5.02 Å². The molecule has 8 nitrogen and oxygen atoms in total. The fourth-order valence-corrected chi connectivity index (χ4v) is 4.64. The summed E-state index contributed by atoms with van der Waals surface area (Å²) in [6, 6.07) is 9.07. The van der Waals surface area contributed by atoms with E-state index in [1.807, 2.05) is 35.2 Å². The zero-order valence-electron chi connectivity index (χ0n) is 19.2. The number of carbonyl (C=O) groups is 3. The van der Waals surface area contributed by atoms with Crippen molar-refractivity contribution in [1.82, 2.24) is 20.5 Å². The number of aromatic nitrogens is 1. The number of hydrogen-bond acceptors (Lipinski definition) is 4. The van der Waals surface area contributed by atoms with E-state index in [2.05, 4.69) is 29.5 Å². The largest absolute Gasteiger partial charge is 0.356 e. The molecule has 2 saturated heterocycles. The van der Waals surface area contributed by atoms with Crippen LogP contribution in [0.5, 0.6) is 0 Å². The van der Waals surface area contributed by atoms with Gasteiger partial charge in [-0.15, -0.1) is 0 Å². The molecule has 3 aliphatic rings. The predicted octanol–water partition coefficient (Wildman–Crippen LogP) is 3.09. The van der Waals surface area contributed by atoms with Gasteiger partial charge in [-0.2, -0.15) is 5.26 Å². The van der Waals surface area contributed by atoms with Crippen molar-refractivity contribution in [2.75, 3.05) is 19.6 Å². The van der Waals surface area contributed by atoms with Gasteiger partial charge in [-0.3, -0.25) is 14.4 Å². The molecular formula is C24H30ClN5O3. The van der Waals surface area contributed by atoms with Crippen molar-refractivity contribution >= 4 is 40.7 Å². The van der Waals surface area contributed by atoms with E-state index in [4.69, 9.17) is 16.9 Å². The molecule has 0 spiro atoms. The number of halogens is 1. The molecule has 1 saturated carbocycles. The third-order valence-electron chi connectivity index (χ3n) is 6.66. The van der Waals surface area contributed by atoms with Gasteiger partial charge >= 0.3 is 0 Å². The first-order valence-electron chi connectivity index (χ1n) is 11.1. The van der Waals surface area contributed by atoms with Crippen LogP contribution in [0, 0.1) is 28.6 Å². The number of nitriles is 1. The highest BCUT2D eigenvalue weighted by Crippen LogP contribution is 2.62. The third kappa shape index (κ3) is 5.66. The van der Waals surface area contributed by atoms with Crippen LogP contribution < -0.4 is 10.6 Å². The Bertz CT molecular complexity index is 1050. The molecular weight excluding hydrogens is 442 g/mol. The topological polar surface area (TPSA) is 118 Å². The van der Waals surface area contributed by atoms with Crippen LogP contribution in [0.15, 0.2) is 24.3 Å². The number of carbonyl (C=O) groups excluding carboxylic acids is 3. The molecule has 33 heavy (non-hydrogen) atoms. The lowest BCUT2D eigenvalue weighted by Gasteiger charge is -2.21. The van der Waals surface area contributed by atoms with Gasteiger partial charge in [0.2, 0.25) is 12.3 Å². The molecule has 1 aromatic carbocycles. The van der Waals surface area contributed by atoms with Gasteiger partial charge in [0, 0.05) is 31.4 Å². The van der Waals surface area contributed by atoms with Crippen LogP contribution in [-0.4, -0.2) is 53.8 Å². The number of amides is 3. The van der Waals surface area contributed by atoms with E-state index in [0.717, 1.165) is 43.4 Å². The molecule has 3 fully saturated rings. The first kappa shape index (κ1) is 24.6. The minimum atomic E-state index is -0.363. The number of hydrogen-bond donors (Lipinski definition) is 3. The Morgan fingerprint density at radius 2 is 2.06 bits per heavy atom. The number of aromatic amines is 1. The van der Waals surface area contributed by atoms with Crippen LogP contribution in [0.1, 0.15) is 44.1 Å². The zero-order valence-corrected chi connectivity index (χ0v) is 19.9. The van der Waals surface area contributed by atoms with Crippen LogP contribution in [0.4, 0.5) is 0 Å². The summed E-state index contributed by atoms with van der Waals surface area (Å²) in [7, 11) is 0. The number of piperidine rings is 1. The molecule has 3 heterocycles. The fraction of sp³-hybridized carbons (Fsp3) is 0.500. The lowest BCUT2D eigenvalue weighted by atomic mass is 10.1. The maximum atomic E-state index is 12.6. The van der Waals surface area contributed by atoms with E-state index in [0.29, 0.717) is 34.4 Å². The Morgan fingerprint density at radius 3 is 2.52 bits per heavy atom. The summed E-state index contributed by atoms with van der Waals surface area (Å²) in [5, 5.41) is 14.6. The highest BCUT2D eigenvalue weighted by atomic mass is 35.5. The summed E-state index contributed by atoms with van der Waals surface area (Å²) in [6.07, 6.45) is 2.27. The van der Waals surface area contributed by atoms with E-state index >= 15 is 0 Å². The van der Waals surface area contributed by atoms with Crippen molar-refractivity contribution in [2.45, 2.75) is 39.7 Å².